The minimum atomic E-state index is -0.690. The number of para-hydroxylation sites is 2. The SMILES string of the molecule is O=C(CCOc1ccccc1)OCNC(=O)Oc1ccccc1. The molecule has 0 saturated carbocycles. The van der Waals surface area contributed by atoms with Crippen LogP contribution in [0.15, 0.2) is 60.7 Å². The monoisotopic (exact) mass is 315 g/mol. The first kappa shape index (κ1) is 16.4. The highest BCUT2D eigenvalue weighted by Gasteiger charge is 2.06. The Morgan fingerprint density at radius 1 is 0.870 bits per heavy atom. The molecule has 0 unspecified atom stereocenters. The highest BCUT2D eigenvalue weighted by Crippen LogP contribution is 2.09. The second kappa shape index (κ2) is 9.09. The Bertz CT molecular complexity index is 615. The Labute approximate surface area is 134 Å². The average Bonchev–Trinajstić information content (AvgIpc) is 2.57. The van der Waals surface area contributed by atoms with Crippen molar-refractivity contribution in [1.29, 1.82) is 0 Å². The molecule has 6 heteroatoms. The van der Waals surface area contributed by atoms with E-state index in [2.05, 4.69) is 5.32 Å². The van der Waals surface area contributed by atoms with E-state index in [9.17, 15) is 9.59 Å². The van der Waals surface area contributed by atoms with Gasteiger partial charge in [-0.1, -0.05) is 36.4 Å². The van der Waals surface area contributed by atoms with Crippen molar-refractivity contribution in [2.45, 2.75) is 6.42 Å². The van der Waals surface area contributed by atoms with Crippen molar-refractivity contribution in [3.05, 3.63) is 60.7 Å². The summed E-state index contributed by atoms with van der Waals surface area (Å²) in [4.78, 5) is 22.9. The quantitative estimate of drug-likeness (QED) is 0.628. The van der Waals surface area contributed by atoms with Gasteiger partial charge in [-0.2, -0.15) is 0 Å². The van der Waals surface area contributed by atoms with E-state index in [4.69, 9.17) is 14.2 Å². The summed E-state index contributed by atoms with van der Waals surface area (Å²) in [5.41, 5.74) is 0. The number of nitrogens with one attached hydrogen (secondary N) is 1. The number of rotatable bonds is 7. The van der Waals surface area contributed by atoms with Gasteiger partial charge in [-0.05, 0) is 24.3 Å². The molecule has 0 spiro atoms. The number of carbonyl (C=O) groups excluding carboxylic acids is 2. The van der Waals surface area contributed by atoms with Crippen molar-refractivity contribution in [3.63, 3.8) is 0 Å². The van der Waals surface area contributed by atoms with E-state index in [0.717, 1.165) is 0 Å². The molecule has 0 saturated heterocycles. The Hall–Kier alpha value is -3.02. The number of esters is 1. The van der Waals surface area contributed by atoms with E-state index in [1.54, 1.807) is 36.4 Å². The van der Waals surface area contributed by atoms with Gasteiger partial charge in [0, 0.05) is 0 Å². The van der Waals surface area contributed by atoms with Gasteiger partial charge < -0.3 is 14.2 Å². The number of hydrogen-bond donors (Lipinski definition) is 1. The fourth-order valence-corrected chi connectivity index (χ4v) is 1.65. The molecule has 0 fully saturated rings. The maximum Gasteiger partial charge on any atom is 0.415 e. The van der Waals surface area contributed by atoms with Gasteiger partial charge in [0.25, 0.3) is 0 Å². The Morgan fingerprint density at radius 2 is 1.48 bits per heavy atom. The molecule has 2 aromatic rings. The maximum absolute atomic E-state index is 11.5. The molecule has 0 atom stereocenters. The third-order valence-corrected chi connectivity index (χ3v) is 2.72. The zero-order valence-corrected chi connectivity index (χ0v) is 12.4. The first-order valence-corrected chi connectivity index (χ1v) is 7.08. The minimum absolute atomic E-state index is 0.0876. The molecule has 0 heterocycles. The van der Waals surface area contributed by atoms with Gasteiger partial charge in [-0.15, -0.1) is 0 Å². The van der Waals surface area contributed by atoms with Gasteiger partial charge in [0.15, 0.2) is 6.73 Å². The van der Waals surface area contributed by atoms with Gasteiger partial charge >= 0.3 is 12.1 Å². The highest BCUT2D eigenvalue weighted by molar-refractivity contribution is 5.72. The van der Waals surface area contributed by atoms with E-state index in [1.165, 1.54) is 0 Å². The molecule has 23 heavy (non-hydrogen) atoms. The van der Waals surface area contributed by atoms with Gasteiger partial charge in [-0.25, -0.2) is 4.79 Å². The van der Waals surface area contributed by atoms with E-state index in [1.807, 2.05) is 24.3 Å². The third-order valence-electron chi connectivity index (χ3n) is 2.72. The molecular weight excluding hydrogens is 298 g/mol. The normalized spacial score (nSPS) is 9.74. The summed E-state index contributed by atoms with van der Waals surface area (Å²) in [5.74, 6) is 0.624. The van der Waals surface area contributed by atoms with Crippen molar-refractivity contribution < 1.29 is 23.8 Å². The maximum atomic E-state index is 11.5. The Balaban J connectivity index is 1.56. The predicted molar refractivity (Wildman–Crippen MR) is 83.1 cm³/mol. The van der Waals surface area contributed by atoms with Crippen molar-refractivity contribution >= 4 is 12.1 Å². The molecule has 2 rings (SSSR count). The molecule has 6 nitrogen and oxygen atoms in total. The number of benzene rings is 2. The van der Waals surface area contributed by atoms with E-state index in [0.29, 0.717) is 11.5 Å². The zero-order chi connectivity index (χ0) is 16.3. The van der Waals surface area contributed by atoms with Gasteiger partial charge in [0.1, 0.15) is 11.5 Å². The van der Waals surface area contributed by atoms with Crippen molar-refractivity contribution in [1.82, 2.24) is 5.32 Å². The molecule has 0 aromatic heterocycles. The molecule has 0 aliphatic carbocycles. The fraction of sp³-hybridized carbons (Fsp3) is 0.176. The first-order chi connectivity index (χ1) is 11.2. The molecule has 1 N–H and O–H groups in total. The van der Waals surface area contributed by atoms with Crippen LogP contribution in [-0.2, 0) is 9.53 Å². The summed E-state index contributed by atoms with van der Waals surface area (Å²) in [6.45, 7) is -0.0485. The fourth-order valence-electron chi connectivity index (χ4n) is 1.65. The second-order valence-corrected chi connectivity index (χ2v) is 4.45. The summed E-state index contributed by atoms with van der Waals surface area (Å²) in [6, 6.07) is 17.7. The van der Waals surface area contributed by atoms with Crippen LogP contribution in [0.5, 0.6) is 11.5 Å². The van der Waals surface area contributed by atoms with Crippen molar-refractivity contribution in [2.75, 3.05) is 13.3 Å². The third kappa shape index (κ3) is 6.52. The van der Waals surface area contributed by atoms with Gasteiger partial charge in [0.2, 0.25) is 0 Å². The van der Waals surface area contributed by atoms with Crippen LogP contribution in [-0.4, -0.2) is 25.4 Å². The summed E-state index contributed by atoms with van der Waals surface area (Å²) in [6.07, 6.45) is -0.603. The van der Waals surface area contributed by atoms with Crippen LogP contribution in [0.1, 0.15) is 6.42 Å². The van der Waals surface area contributed by atoms with Crippen LogP contribution < -0.4 is 14.8 Å². The predicted octanol–water partition coefficient (Wildman–Crippen LogP) is 2.74. The Morgan fingerprint density at radius 3 is 2.13 bits per heavy atom. The smallest absolute Gasteiger partial charge is 0.415 e. The van der Waals surface area contributed by atoms with E-state index < -0.39 is 12.1 Å². The lowest BCUT2D eigenvalue weighted by atomic mass is 10.3. The van der Waals surface area contributed by atoms with Crippen LogP contribution in [0, 0.1) is 0 Å². The minimum Gasteiger partial charge on any atom is -0.493 e. The lowest BCUT2D eigenvalue weighted by Crippen LogP contribution is -2.30. The summed E-state index contributed by atoms with van der Waals surface area (Å²) >= 11 is 0. The summed E-state index contributed by atoms with van der Waals surface area (Å²) in [5, 5.41) is 2.33. The van der Waals surface area contributed by atoms with Gasteiger partial charge in [0.05, 0.1) is 13.0 Å². The highest BCUT2D eigenvalue weighted by atomic mass is 16.6. The van der Waals surface area contributed by atoms with E-state index in [-0.39, 0.29) is 19.8 Å². The van der Waals surface area contributed by atoms with Crippen LogP contribution in [0.4, 0.5) is 4.79 Å². The van der Waals surface area contributed by atoms with Crippen molar-refractivity contribution in [2.24, 2.45) is 0 Å². The van der Waals surface area contributed by atoms with E-state index >= 15 is 0 Å². The molecule has 0 bridgehead atoms. The number of amides is 1. The Kier molecular flexibility index (Phi) is 6.46. The summed E-state index contributed by atoms with van der Waals surface area (Å²) < 4.78 is 15.2. The molecule has 0 radical (unpaired) electrons. The van der Waals surface area contributed by atoms with Crippen LogP contribution in [0.25, 0.3) is 0 Å². The number of carbonyl (C=O) groups is 2. The average molecular weight is 315 g/mol. The largest absolute Gasteiger partial charge is 0.493 e. The standard InChI is InChI=1S/C17H17NO5/c19-16(11-12-21-14-7-3-1-4-8-14)22-13-18-17(20)23-15-9-5-2-6-10-15/h1-10H,11-13H2,(H,18,20). The van der Waals surface area contributed by atoms with Crippen LogP contribution in [0.3, 0.4) is 0 Å². The van der Waals surface area contributed by atoms with Crippen LogP contribution >= 0.6 is 0 Å². The topological polar surface area (TPSA) is 73.9 Å². The molecular formula is C17H17NO5. The number of hydrogen-bond acceptors (Lipinski definition) is 5. The molecule has 120 valence electrons. The lowest BCUT2D eigenvalue weighted by Gasteiger charge is -2.08. The molecule has 0 aliphatic rings. The molecule has 0 aliphatic heterocycles. The van der Waals surface area contributed by atoms with Gasteiger partial charge in [-0.3, -0.25) is 10.1 Å². The summed E-state index contributed by atoms with van der Waals surface area (Å²) in [7, 11) is 0. The second-order valence-electron chi connectivity index (χ2n) is 4.45. The molecule has 1 amide bonds. The molecule has 2 aromatic carbocycles. The van der Waals surface area contributed by atoms with Crippen molar-refractivity contribution in [3.8, 4) is 11.5 Å². The number of ether oxygens (including phenoxy) is 3. The zero-order valence-electron chi connectivity index (χ0n) is 12.4. The first-order valence-electron chi connectivity index (χ1n) is 7.08. The lowest BCUT2D eigenvalue weighted by molar-refractivity contribution is -0.144. The van der Waals surface area contributed by atoms with Crippen LogP contribution in [0.2, 0.25) is 0 Å².